The zero-order valence-electron chi connectivity index (χ0n) is 10.3. The van der Waals surface area contributed by atoms with Crippen molar-refractivity contribution in [2.75, 3.05) is 18.9 Å². The van der Waals surface area contributed by atoms with Crippen LogP contribution in [-0.2, 0) is 0 Å². The van der Waals surface area contributed by atoms with Gasteiger partial charge in [-0.05, 0) is 11.5 Å². The fourth-order valence-electron chi connectivity index (χ4n) is 1.23. The predicted molar refractivity (Wildman–Crippen MR) is 65.6 cm³/mol. The molecule has 0 unspecified atom stereocenters. The van der Waals surface area contributed by atoms with Gasteiger partial charge in [0.1, 0.15) is 0 Å². The van der Waals surface area contributed by atoms with Gasteiger partial charge in [0.25, 0.3) is 5.91 Å². The van der Waals surface area contributed by atoms with Gasteiger partial charge in [-0.25, -0.2) is 0 Å². The minimum Gasteiger partial charge on any atom is -0.386 e. The van der Waals surface area contributed by atoms with Gasteiger partial charge in [-0.3, -0.25) is 9.78 Å². The van der Waals surface area contributed by atoms with Crippen molar-refractivity contribution < 1.29 is 4.79 Å². The van der Waals surface area contributed by atoms with Crippen LogP contribution in [0.15, 0.2) is 18.5 Å². The summed E-state index contributed by atoms with van der Waals surface area (Å²) in [6.07, 6.45) is 3.26. The standard InChI is InChI=1S/C12H19N3O/c1-12(2,3)8-15-11(16)9-5-6-14-7-10(9)13-4/h5-7,13H,8H2,1-4H3,(H,15,16). The highest BCUT2D eigenvalue weighted by atomic mass is 16.1. The molecule has 0 spiro atoms. The molecule has 4 heteroatoms. The van der Waals surface area contributed by atoms with Gasteiger partial charge >= 0.3 is 0 Å². The summed E-state index contributed by atoms with van der Waals surface area (Å²) in [5, 5.41) is 5.86. The Kier molecular flexibility index (Phi) is 3.88. The molecule has 0 bridgehead atoms. The maximum Gasteiger partial charge on any atom is 0.253 e. The molecule has 1 aromatic rings. The number of carbonyl (C=O) groups excluding carboxylic acids is 1. The molecule has 88 valence electrons. The minimum atomic E-state index is -0.0679. The molecule has 0 saturated heterocycles. The number of anilines is 1. The zero-order valence-corrected chi connectivity index (χ0v) is 10.3. The number of pyridine rings is 1. The summed E-state index contributed by atoms with van der Waals surface area (Å²) in [5.41, 5.74) is 1.46. The van der Waals surface area contributed by atoms with Crippen LogP contribution >= 0.6 is 0 Å². The fraction of sp³-hybridized carbons (Fsp3) is 0.500. The van der Waals surface area contributed by atoms with E-state index >= 15 is 0 Å². The summed E-state index contributed by atoms with van der Waals surface area (Å²) in [7, 11) is 1.78. The Labute approximate surface area is 96.5 Å². The Morgan fingerprint density at radius 1 is 1.44 bits per heavy atom. The number of carbonyl (C=O) groups is 1. The number of aromatic nitrogens is 1. The first-order valence-corrected chi connectivity index (χ1v) is 5.34. The molecule has 0 aliphatic carbocycles. The summed E-state index contributed by atoms with van der Waals surface area (Å²) >= 11 is 0. The van der Waals surface area contributed by atoms with Crippen molar-refractivity contribution in [3.8, 4) is 0 Å². The van der Waals surface area contributed by atoms with Gasteiger partial charge in [0.05, 0.1) is 17.4 Å². The van der Waals surface area contributed by atoms with Gasteiger partial charge in [0, 0.05) is 19.8 Å². The summed E-state index contributed by atoms with van der Waals surface area (Å²) in [6.45, 7) is 6.90. The summed E-state index contributed by atoms with van der Waals surface area (Å²) in [5.74, 6) is -0.0679. The molecular weight excluding hydrogens is 202 g/mol. The third-order valence-corrected chi connectivity index (χ3v) is 2.11. The van der Waals surface area contributed by atoms with E-state index in [4.69, 9.17) is 0 Å². The molecule has 1 amide bonds. The molecule has 0 aromatic carbocycles. The molecule has 0 aliphatic rings. The molecule has 16 heavy (non-hydrogen) atoms. The molecule has 2 N–H and O–H groups in total. The van der Waals surface area contributed by atoms with Crippen molar-refractivity contribution in [2.45, 2.75) is 20.8 Å². The Balaban J connectivity index is 2.73. The van der Waals surface area contributed by atoms with Gasteiger partial charge in [-0.1, -0.05) is 20.8 Å². The van der Waals surface area contributed by atoms with Crippen molar-refractivity contribution in [3.63, 3.8) is 0 Å². The lowest BCUT2D eigenvalue weighted by Crippen LogP contribution is -2.32. The van der Waals surface area contributed by atoms with Crippen LogP contribution in [0.2, 0.25) is 0 Å². The number of nitrogens with one attached hydrogen (secondary N) is 2. The molecule has 1 heterocycles. The Bertz CT molecular complexity index is 369. The largest absolute Gasteiger partial charge is 0.386 e. The highest BCUT2D eigenvalue weighted by Crippen LogP contribution is 2.14. The molecule has 4 nitrogen and oxygen atoms in total. The van der Waals surface area contributed by atoms with Gasteiger partial charge in [-0.2, -0.15) is 0 Å². The van der Waals surface area contributed by atoms with Crippen LogP contribution in [0, 0.1) is 5.41 Å². The maximum atomic E-state index is 11.9. The molecule has 0 aliphatic heterocycles. The lowest BCUT2D eigenvalue weighted by Gasteiger charge is -2.19. The quantitative estimate of drug-likeness (QED) is 0.819. The van der Waals surface area contributed by atoms with Crippen LogP contribution in [0.5, 0.6) is 0 Å². The first-order valence-electron chi connectivity index (χ1n) is 5.34. The summed E-state index contributed by atoms with van der Waals surface area (Å²) in [6, 6.07) is 1.71. The fourth-order valence-corrected chi connectivity index (χ4v) is 1.23. The SMILES string of the molecule is CNc1cnccc1C(=O)NCC(C)(C)C. The third kappa shape index (κ3) is 3.53. The monoisotopic (exact) mass is 221 g/mol. The van der Waals surface area contributed by atoms with Gasteiger partial charge in [0.2, 0.25) is 0 Å². The van der Waals surface area contributed by atoms with Gasteiger partial charge in [0.15, 0.2) is 0 Å². The number of hydrogen-bond donors (Lipinski definition) is 2. The summed E-state index contributed by atoms with van der Waals surface area (Å²) in [4.78, 5) is 15.9. The molecule has 0 radical (unpaired) electrons. The highest BCUT2D eigenvalue weighted by Gasteiger charge is 2.14. The Morgan fingerprint density at radius 2 is 2.12 bits per heavy atom. The second kappa shape index (κ2) is 4.96. The average Bonchev–Trinajstić information content (AvgIpc) is 2.25. The van der Waals surface area contributed by atoms with Gasteiger partial charge in [-0.15, -0.1) is 0 Å². The lowest BCUT2D eigenvalue weighted by atomic mass is 9.97. The van der Waals surface area contributed by atoms with E-state index in [-0.39, 0.29) is 11.3 Å². The Hall–Kier alpha value is -1.58. The van der Waals surface area contributed by atoms with Crippen LogP contribution < -0.4 is 10.6 Å². The average molecular weight is 221 g/mol. The number of amides is 1. The molecule has 0 saturated carbocycles. The van der Waals surface area contributed by atoms with E-state index in [1.54, 1.807) is 25.5 Å². The van der Waals surface area contributed by atoms with Crippen molar-refractivity contribution in [1.29, 1.82) is 0 Å². The number of nitrogens with zero attached hydrogens (tertiary/aromatic N) is 1. The van der Waals surface area contributed by atoms with Crippen LogP contribution in [0.1, 0.15) is 31.1 Å². The molecule has 0 fully saturated rings. The van der Waals surface area contributed by atoms with Crippen molar-refractivity contribution in [1.82, 2.24) is 10.3 Å². The molecule has 1 aromatic heterocycles. The van der Waals surface area contributed by atoms with E-state index in [9.17, 15) is 4.79 Å². The van der Waals surface area contributed by atoms with Crippen molar-refractivity contribution in [2.24, 2.45) is 5.41 Å². The van der Waals surface area contributed by atoms with E-state index in [2.05, 4.69) is 36.4 Å². The molecular formula is C12H19N3O. The Morgan fingerprint density at radius 3 is 2.69 bits per heavy atom. The first kappa shape index (κ1) is 12.5. The minimum absolute atomic E-state index is 0.0679. The normalized spacial score (nSPS) is 11.0. The zero-order chi connectivity index (χ0) is 12.2. The van der Waals surface area contributed by atoms with E-state index in [0.717, 1.165) is 5.69 Å². The van der Waals surface area contributed by atoms with Crippen molar-refractivity contribution >= 4 is 11.6 Å². The predicted octanol–water partition coefficient (Wildman–Crippen LogP) is 1.90. The summed E-state index contributed by atoms with van der Waals surface area (Å²) < 4.78 is 0. The molecule has 0 atom stereocenters. The second-order valence-corrected chi connectivity index (χ2v) is 4.91. The second-order valence-electron chi connectivity index (χ2n) is 4.91. The molecule has 1 rings (SSSR count). The van der Waals surface area contributed by atoms with E-state index in [1.165, 1.54) is 0 Å². The lowest BCUT2D eigenvalue weighted by molar-refractivity contribution is 0.0940. The highest BCUT2D eigenvalue weighted by molar-refractivity contribution is 5.99. The van der Waals surface area contributed by atoms with E-state index in [1.807, 2.05) is 0 Å². The topological polar surface area (TPSA) is 54.0 Å². The van der Waals surface area contributed by atoms with Crippen LogP contribution in [0.4, 0.5) is 5.69 Å². The maximum absolute atomic E-state index is 11.9. The van der Waals surface area contributed by atoms with E-state index < -0.39 is 0 Å². The third-order valence-electron chi connectivity index (χ3n) is 2.11. The van der Waals surface area contributed by atoms with Crippen LogP contribution in [0.3, 0.4) is 0 Å². The number of rotatable bonds is 3. The smallest absolute Gasteiger partial charge is 0.253 e. The van der Waals surface area contributed by atoms with E-state index in [0.29, 0.717) is 12.1 Å². The number of hydrogen-bond acceptors (Lipinski definition) is 3. The van der Waals surface area contributed by atoms with Gasteiger partial charge < -0.3 is 10.6 Å². The van der Waals surface area contributed by atoms with Crippen molar-refractivity contribution in [3.05, 3.63) is 24.0 Å². The van der Waals surface area contributed by atoms with Crippen LogP contribution in [0.25, 0.3) is 0 Å². The van der Waals surface area contributed by atoms with Crippen LogP contribution in [-0.4, -0.2) is 24.5 Å². The first-order chi connectivity index (χ1) is 7.44.